The molecule has 0 radical (unpaired) electrons. The molecule has 0 fully saturated rings. The van der Waals surface area contributed by atoms with Crippen molar-refractivity contribution < 1.29 is 0 Å². The van der Waals surface area contributed by atoms with Gasteiger partial charge in [0.05, 0.1) is 0 Å². The zero-order valence-electron chi connectivity index (χ0n) is 25.4. The van der Waals surface area contributed by atoms with E-state index in [1.165, 1.54) is 148 Å². The van der Waals surface area contributed by atoms with Gasteiger partial charge in [-0.15, -0.1) is 0 Å². The zero-order valence-corrected chi connectivity index (χ0v) is 25.4. The van der Waals surface area contributed by atoms with Crippen molar-refractivity contribution in [1.82, 2.24) is 0 Å². The molecule has 0 spiro atoms. The lowest BCUT2D eigenvalue weighted by molar-refractivity contribution is 0.241. The predicted molar refractivity (Wildman–Crippen MR) is 164 cm³/mol. The second-order valence-electron chi connectivity index (χ2n) is 12.7. The molecule has 0 aromatic rings. The van der Waals surface area contributed by atoms with Crippen molar-refractivity contribution in [3.8, 4) is 0 Å². The van der Waals surface area contributed by atoms with Gasteiger partial charge in [0.2, 0.25) is 0 Å². The summed E-state index contributed by atoms with van der Waals surface area (Å²) >= 11 is 0. The third kappa shape index (κ3) is 11.9. The molecule has 0 nitrogen and oxygen atoms in total. The van der Waals surface area contributed by atoms with E-state index >= 15 is 0 Å². The van der Waals surface area contributed by atoms with E-state index in [0.717, 1.165) is 29.6 Å². The minimum atomic E-state index is 0.768. The number of hydrogen-bond acceptors (Lipinski definition) is 0. The van der Waals surface area contributed by atoms with Crippen molar-refractivity contribution >= 4 is 0 Å². The zero-order chi connectivity index (χ0) is 25.8. The number of allylic oxidation sites excluding steroid dienone is 4. The largest absolute Gasteiger partial charge is 0.0842 e. The fourth-order valence-electron chi connectivity index (χ4n) is 7.31. The highest BCUT2D eigenvalue weighted by atomic mass is 14.4. The van der Waals surface area contributed by atoms with Gasteiger partial charge >= 0.3 is 0 Å². The van der Waals surface area contributed by atoms with Gasteiger partial charge in [-0.2, -0.15) is 0 Å². The Morgan fingerprint density at radius 2 is 0.972 bits per heavy atom. The third-order valence-corrected chi connectivity index (χ3v) is 9.61. The van der Waals surface area contributed by atoms with E-state index in [1.54, 1.807) is 0 Å². The molecule has 0 N–H and O–H groups in total. The summed E-state index contributed by atoms with van der Waals surface area (Å²) in [6.45, 7) is 9.39. The molecule has 2 aliphatic rings. The summed E-state index contributed by atoms with van der Waals surface area (Å²) in [5.74, 6) is 4.25. The molecule has 36 heavy (non-hydrogen) atoms. The summed E-state index contributed by atoms with van der Waals surface area (Å²) < 4.78 is 0. The molecule has 0 saturated carbocycles. The molecule has 0 heteroatoms. The van der Waals surface area contributed by atoms with Crippen molar-refractivity contribution in [2.75, 3.05) is 0 Å². The maximum absolute atomic E-state index is 2.90. The van der Waals surface area contributed by atoms with Crippen LogP contribution in [0.25, 0.3) is 0 Å². The van der Waals surface area contributed by atoms with Gasteiger partial charge in [0.25, 0.3) is 0 Å². The molecule has 210 valence electrons. The van der Waals surface area contributed by atoms with Crippen LogP contribution in [0.1, 0.15) is 175 Å². The highest BCUT2D eigenvalue weighted by Gasteiger charge is 2.37. The minimum Gasteiger partial charge on any atom is -0.0842 e. The Hall–Kier alpha value is -0.520. The third-order valence-electron chi connectivity index (χ3n) is 9.61. The molecular formula is C36H66. The summed E-state index contributed by atoms with van der Waals surface area (Å²) in [6, 6.07) is 0. The maximum Gasteiger partial charge on any atom is -0.00172 e. The smallest absolute Gasteiger partial charge is 0.00172 e. The average molecular weight is 499 g/mol. The molecule has 5 atom stereocenters. The van der Waals surface area contributed by atoms with Crippen molar-refractivity contribution in [2.45, 2.75) is 175 Å². The normalized spacial score (nSPS) is 25.7. The Bertz CT molecular complexity index is 569. The topological polar surface area (TPSA) is 0 Å². The van der Waals surface area contributed by atoms with Gasteiger partial charge in [0.1, 0.15) is 0 Å². The first kappa shape index (κ1) is 31.7. The number of unbranched alkanes of at least 4 members (excludes halogenated alkanes) is 14. The summed E-state index contributed by atoms with van der Waals surface area (Å²) in [6.07, 6.45) is 41.3. The number of hydrogen-bond donors (Lipinski definition) is 0. The first-order valence-electron chi connectivity index (χ1n) is 17.1. The second-order valence-corrected chi connectivity index (χ2v) is 12.7. The molecule has 0 heterocycles. The summed E-state index contributed by atoms with van der Waals surface area (Å²) in [5, 5.41) is 0. The Kier molecular flexibility index (Phi) is 18.0. The first-order valence-corrected chi connectivity index (χ1v) is 17.1. The van der Waals surface area contributed by atoms with Crippen LogP contribution in [0.2, 0.25) is 0 Å². The van der Waals surface area contributed by atoms with Gasteiger partial charge in [-0.3, -0.25) is 0 Å². The van der Waals surface area contributed by atoms with Crippen molar-refractivity contribution in [3.63, 3.8) is 0 Å². The van der Waals surface area contributed by atoms with Crippen LogP contribution in [0.3, 0.4) is 0 Å². The predicted octanol–water partition coefficient (Wildman–Crippen LogP) is 12.6. The van der Waals surface area contributed by atoms with Crippen LogP contribution >= 0.6 is 0 Å². The van der Waals surface area contributed by atoms with Gasteiger partial charge in [0.15, 0.2) is 0 Å². The van der Waals surface area contributed by atoms with Crippen LogP contribution in [-0.4, -0.2) is 0 Å². The fraction of sp³-hybridized carbons (Fsp3) is 0.889. The lowest BCUT2D eigenvalue weighted by Gasteiger charge is -2.42. The van der Waals surface area contributed by atoms with E-state index in [2.05, 4.69) is 45.9 Å². The van der Waals surface area contributed by atoms with E-state index in [0.29, 0.717) is 0 Å². The van der Waals surface area contributed by atoms with Crippen LogP contribution in [0.5, 0.6) is 0 Å². The van der Waals surface area contributed by atoms with E-state index in [4.69, 9.17) is 0 Å². The fourth-order valence-corrected chi connectivity index (χ4v) is 7.31. The highest BCUT2D eigenvalue weighted by Crippen LogP contribution is 2.48. The Labute approximate surface area is 228 Å². The molecule has 0 bridgehead atoms. The van der Waals surface area contributed by atoms with Gasteiger partial charge < -0.3 is 0 Å². The van der Waals surface area contributed by atoms with Crippen molar-refractivity contribution in [2.24, 2.45) is 29.6 Å². The molecule has 2 aliphatic carbocycles. The molecule has 5 unspecified atom stereocenters. The van der Waals surface area contributed by atoms with E-state index < -0.39 is 0 Å². The van der Waals surface area contributed by atoms with E-state index in [1.807, 2.05) is 5.57 Å². The quantitative estimate of drug-likeness (QED) is 0.103. The van der Waals surface area contributed by atoms with Crippen LogP contribution in [0.15, 0.2) is 23.8 Å². The Morgan fingerprint density at radius 3 is 1.61 bits per heavy atom. The van der Waals surface area contributed by atoms with Gasteiger partial charge in [-0.25, -0.2) is 0 Å². The van der Waals surface area contributed by atoms with Gasteiger partial charge in [-0.1, -0.05) is 167 Å². The Morgan fingerprint density at radius 1 is 0.500 bits per heavy atom. The number of rotatable bonds is 22. The van der Waals surface area contributed by atoms with E-state index in [9.17, 15) is 0 Å². The summed E-state index contributed by atoms with van der Waals surface area (Å²) in [5.41, 5.74) is 1.91. The monoisotopic (exact) mass is 499 g/mol. The van der Waals surface area contributed by atoms with Crippen LogP contribution < -0.4 is 0 Å². The van der Waals surface area contributed by atoms with Crippen molar-refractivity contribution in [1.29, 1.82) is 0 Å². The average Bonchev–Trinajstić information content (AvgIpc) is 2.89. The molecule has 0 aromatic carbocycles. The first-order chi connectivity index (χ1) is 17.7. The molecule has 2 rings (SSSR count). The second kappa shape index (κ2) is 20.4. The van der Waals surface area contributed by atoms with Crippen LogP contribution in [0.4, 0.5) is 0 Å². The maximum atomic E-state index is 2.90. The van der Waals surface area contributed by atoms with Crippen LogP contribution in [0, 0.1) is 29.6 Å². The SMILES string of the molecule is CCCCCCCCC1C=CC2CC(CCCCC)C(CCCCC)C=C2C1CCCCCCCC. The summed E-state index contributed by atoms with van der Waals surface area (Å²) in [7, 11) is 0. The Balaban J connectivity index is 2.07. The molecule has 0 amide bonds. The van der Waals surface area contributed by atoms with Gasteiger partial charge in [-0.05, 0) is 61.7 Å². The minimum absolute atomic E-state index is 0.768. The van der Waals surface area contributed by atoms with Gasteiger partial charge in [0, 0.05) is 0 Å². The summed E-state index contributed by atoms with van der Waals surface area (Å²) in [4.78, 5) is 0. The molecule has 0 aliphatic heterocycles. The van der Waals surface area contributed by atoms with E-state index in [-0.39, 0.29) is 0 Å². The number of fused-ring (bicyclic) bond motifs is 1. The highest BCUT2D eigenvalue weighted by molar-refractivity contribution is 5.27. The van der Waals surface area contributed by atoms with Crippen LogP contribution in [-0.2, 0) is 0 Å². The molecular weight excluding hydrogens is 432 g/mol. The molecule has 0 aromatic heterocycles. The standard InChI is InChI=1S/C36H66/c1-5-9-13-15-17-21-23-31-27-28-34-29-32(24-19-11-7-3)33(25-20-12-8-4)30-36(34)35(31)26-22-18-16-14-10-6-2/h27-28,30-35H,5-26,29H2,1-4H3. The lowest BCUT2D eigenvalue weighted by Crippen LogP contribution is -2.31. The lowest BCUT2D eigenvalue weighted by atomic mass is 9.62. The van der Waals surface area contributed by atoms with Crippen molar-refractivity contribution in [3.05, 3.63) is 23.8 Å². The molecule has 0 saturated heterocycles.